The molecule has 13 heteroatoms. The fourth-order valence-electron chi connectivity index (χ4n) is 6.53. The lowest BCUT2D eigenvalue weighted by Gasteiger charge is -2.27. The number of rotatable bonds is 5. The van der Waals surface area contributed by atoms with Gasteiger partial charge in [-0.15, -0.1) is 0 Å². The van der Waals surface area contributed by atoms with Gasteiger partial charge in [0.15, 0.2) is 29.4 Å². The van der Waals surface area contributed by atoms with E-state index in [2.05, 4.69) is 15.6 Å². The predicted octanol–water partition coefficient (Wildman–Crippen LogP) is 3.12. The Balaban J connectivity index is 1.36. The molecule has 13 nitrogen and oxygen atoms in total. The zero-order valence-electron chi connectivity index (χ0n) is 24.6. The van der Waals surface area contributed by atoms with Crippen molar-refractivity contribution in [3.63, 3.8) is 0 Å². The molecule has 1 spiro atoms. The average molecular weight is 612 g/mol. The highest BCUT2D eigenvalue weighted by atomic mass is 16.5. The lowest BCUT2D eigenvalue weighted by Crippen LogP contribution is -2.48. The highest BCUT2D eigenvalue weighted by molar-refractivity contribution is 5.90. The second kappa shape index (κ2) is 9.92. The van der Waals surface area contributed by atoms with E-state index in [0.29, 0.717) is 23.8 Å². The average Bonchev–Trinajstić information content (AvgIpc) is 3.86. The molecule has 3 N–H and O–H groups in total. The smallest absolute Gasteiger partial charge is 0.360 e. The first-order valence-electron chi connectivity index (χ1n) is 14.7. The van der Waals surface area contributed by atoms with Crippen molar-refractivity contribution in [3.8, 4) is 17.3 Å². The molecule has 4 aliphatic heterocycles. The zero-order valence-corrected chi connectivity index (χ0v) is 24.6. The van der Waals surface area contributed by atoms with Gasteiger partial charge in [0, 0.05) is 17.7 Å². The molecule has 230 valence electrons. The van der Waals surface area contributed by atoms with Gasteiger partial charge in [-0.1, -0.05) is 44.2 Å². The highest BCUT2D eigenvalue weighted by Crippen LogP contribution is 2.59. The summed E-state index contributed by atoms with van der Waals surface area (Å²) >= 11 is 0. The topological polar surface area (TPSA) is 171 Å². The first-order valence-corrected chi connectivity index (χ1v) is 14.7. The largest absolute Gasteiger partial charge is 0.477 e. The number of methoxy groups -OCH3 is 1. The number of aliphatic hydroxyl groups is 1. The number of oxazole rings is 2. The summed E-state index contributed by atoms with van der Waals surface area (Å²) in [5, 5.41) is 16.9. The van der Waals surface area contributed by atoms with Crippen LogP contribution >= 0.6 is 0 Å². The molecule has 0 saturated carbocycles. The molecule has 45 heavy (non-hydrogen) atoms. The number of anilines is 1. The molecule has 0 saturated heterocycles. The van der Waals surface area contributed by atoms with E-state index < -0.39 is 41.7 Å². The van der Waals surface area contributed by atoms with Crippen LogP contribution < -0.4 is 15.4 Å². The number of aliphatic hydroxyl groups excluding tert-OH is 1. The Bertz CT molecular complexity index is 1900. The third kappa shape index (κ3) is 3.99. The van der Waals surface area contributed by atoms with Crippen LogP contribution in [0.25, 0.3) is 11.6 Å². The van der Waals surface area contributed by atoms with Gasteiger partial charge in [-0.25, -0.2) is 19.8 Å². The molecule has 2 aromatic carbocycles. The van der Waals surface area contributed by atoms with Gasteiger partial charge in [0.2, 0.25) is 23.6 Å². The number of esters is 1. The number of para-hydroxylation sites is 1. The number of hydrogen-bond donors (Lipinski definition) is 3. The van der Waals surface area contributed by atoms with E-state index in [-0.39, 0.29) is 35.7 Å². The Morgan fingerprint density at radius 3 is 2.82 bits per heavy atom. The van der Waals surface area contributed by atoms with E-state index in [1.54, 1.807) is 13.8 Å². The van der Waals surface area contributed by atoms with Crippen LogP contribution in [0.15, 0.2) is 62.6 Å². The molecule has 4 aromatic rings. The molecule has 2 unspecified atom stereocenters. The molecule has 6 heterocycles. The number of aromatic nitrogens is 2. The predicted molar refractivity (Wildman–Crippen MR) is 157 cm³/mol. The number of benzene rings is 2. The Labute approximate surface area is 256 Å². The Morgan fingerprint density at radius 1 is 1.16 bits per heavy atom. The van der Waals surface area contributed by atoms with Crippen molar-refractivity contribution in [3.05, 3.63) is 82.8 Å². The number of aliphatic imine (C=N–C) groups is 1. The number of carbonyl (C=O) groups excluding carboxylic acids is 2. The monoisotopic (exact) mass is 611 g/mol. The van der Waals surface area contributed by atoms with Gasteiger partial charge in [0.25, 0.3) is 0 Å². The standard InChI is InChI=1S/C32H29N5O8/c1-14(2)24(38)26(39)33-19-11-15-8-9-22-17(10-15)32(16-6-4-5-7-18(16)36-31(32)44-22)25-23(29-35-21(13-43-29)30(40)41-3)37-28(45-25)20-12-42-27(19)34-20/h4-10,13-14,19-20,24,31,36,38H,11-12H2,1-3H3,(H,33,39)/t19-,20?,24-,31+,32?/m0/s1. The van der Waals surface area contributed by atoms with Crippen molar-refractivity contribution in [1.29, 1.82) is 0 Å². The molecular weight excluding hydrogens is 582 g/mol. The summed E-state index contributed by atoms with van der Waals surface area (Å²) in [7, 11) is 1.27. The number of ether oxygens (including phenoxy) is 3. The lowest BCUT2D eigenvalue weighted by atomic mass is 9.72. The second-order valence-electron chi connectivity index (χ2n) is 11.8. The molecule has 0 fully saturated rings. The normalized spacial score (nSPS) is 24.2. The van der Waals surface area contributed by atoms with E-state index in [4.69, 9.17) is 33.0 Å². The maximum absolute atomic E-state index is 13.0. The number of nitrogens with zero attached hydrogens (tertiary/aromatic N) is 3. The summed E-state index contributed by atoms with van der Waals surface area (Å²) in [6.07, 6.45) is -0.260. The van der Waals surface area contributed by atoms with E-state index in [0.717, 1.165) is 22.4 Å². The van der Waals surface area contributed by atoms with E-state index in [1.165, 1.54) is 13.4 Å². The van der Waals surface area contributed by atoms with Crippen molar-refractivity contribution in [2.45, 2.75) is 50.1 Å². The molecule has 0 aliphatic carbocycles. The molecule has 1 amide bonds. The first kappa shape index (κ1) is 27.4. The van der Waals surface area contributed by atoms with Crippen molar-refractivity contribution in [1.82, 2.24) is 15.3 Å². The van der Waals surface area contributed by atoms with Crippen LogP contribution in [0.1, 0.15) is 58.7 Å². The minimum Gasteiger partial charge on any atom is -0.477 e. The van der Waals surface area contributed by atoms with Crippen LogP contribution in [0, 0.1) is 5.92 Å². The minimum absolute atomic E-state index is 0.0167. The van der Waals surface area contributed by atoms with Crippen molar-refractivity contribution >= 4 is 23.5 Å². The quantitative estimate of drug-likeness (QED) is 0.283. The van der Waals surface area contributed by atoms with Crippen LogP contribution in [-0.2, 0) is 26.1 Å². The number of nitrogens with one attached hydrogen (secondary N) is 2. The maximum atomic E-state index is 13.0. The maximum Gasteiger partial charge on any atom is 0.360 e. The number of fused-ring (bicyclic) bond motifs is 6. The summed E-state index contributed by atoms with van der Waals surface area (Å²) in [6, 6.07) is 12.4. The Hall–Kier alpha value is -5.17. The fourth-order valence-corrected chi connectivity index (χ4v) is 6.53. The summed E-state index contributed by atoms with van der Waals surface area (Å²) in [5.74, 6) is 0.197. The third-order valence-corrected chi connectivity index (χ3v) is 8.76. The zero-order chi connectivity index (χ0) is 31.0. The number of amides is 1. The summed E-state index contributed by atoms with van der Waals surface area (Å²) in [4.78, 5) is 39.4. The molecule has 6 bridgehead atoms. The molecule has 2 aromatic heterocycles. The number of carbonyl (C=O) groups is 2. The fraction of sp³-hybridized carbons (Fsp3) is 0.344. The van der Waals surface area contributed by atoms with Gasteiger partial charge < -0.3 is 38.8 Å². The molecule has 0 radical (unpaired) electrons. The molecule has 5 atom stereocenters. The van der Waals surface area contributed by atoms with Crippen LogP contribution in [0.3, 0.4) is 0 Å². The first-order chi connectivity index (χ1) is 21.8. The van der Waals surface area contributed by atoms with Crippen LogP contribution in [0.2, 0.25) is 0 Å². The molecule has 8 rings (SSSR count). The summed E-state index contributed by atoms with van der Waals surface area (Å²) < 4.78 is 29.9. The van der Waals surface area contributed by atoms with Gasteiger partial charge in [0.1, 0.15) is 36.2 Å². The van der Waals surface area contributed by atoms with E-state index in [9.17, 15) is 14.7 Å². The van der Waals surface area contributed by atoms with Crippen LogP contribution in [0.5, 0.6) is 5.75 Å². The SMILES string of the molecule is COC(=O)c1coc(-c2nc3oc2C24c5ccccc5N[C@@H]2Oc2ccc(cc24)C[C@H](NC(=O)[C@@H](O)C(C)C)C2=NC3CO2)n1. The van der Waals surface area contributed by atoms with Gasteiger partial charge in [-0.05, 0) is 29.2 Å². The Kier molecular flexibility index (Phi) is 6.04. The second-order valence-corrected chi connectivity index (χ2v) is 11.8. The summed E-state index contributed by atoms with van der Waals surface area (Å²) in [6.45, 7) is 3.65. The lowest BCUT2D eigenvalue weighted by molar-refractivity contribution is -0.131. The minimum atomic E-state index is -1.20. The van der Waals surface area contributed by atoms with Gasteiger partial charge in [-0.2, -0.15) is 0 Å². The molecule has 4 aliphatic rings. The highest BCUT2D eigenvalue weighted by Gasteiger charge is 2.61. The molecular formula is C32H29N5O8. The van der Waals surface area contributed by atoms with E-state index >= 15 is 0 Å². The van der Waals surface area contributed by atoms with Crippen LogP contribution in [0.4, 0.5) is 5.69 Å². The van der Waals surface area contributed by atoms with Crippen molar-refractivity contribution in [2.24, 2.45) is 10.9 Å². The number of hydrogen-bond acceptors (Lipinski definition) is 12. The van der Waals surface area contributed by atoms with Crippen LogP contribution in [-0.4, -0.2) is 64.9 Å². The van der Waals surface area contributed by atoms with Crippen molar-refractivity contribution < 1.29 is 37.7 Å². The van der Waals surface area contributed by atoms with Crippen molar-refractivity contribution in [2.75, 3.05) is 19.0 Å². The van der Waals surface area contributed by atoms with Gasteiger partial charge in [0.05, 0.1) is 7.11 Å². The van der Waals surface area contributed by atoms with Gasteiger partial charge >= 0.3 is 5.97 Å². The third-order valence-electron chi connectivity index (χ3n) is 8.76. The van der Waals surface area contributed by atoms with Gasteiger partial charge in [-0.3, -0.25) is 4.79 Å². The van der Waals surface area contributed by atoms with E-state index in [1.807, 2.05) is 42.5 Å². The summed E-state index contributed by atoms with van der Waals surface area (Å²) in [5.41, 5.74) is 2.65. The Morgan fingerprint density at radius 2 is 2.00 bits per heavy atom.